The summed E-state index contributed by atoms with van der Waals surface area (Å²) in [6, 6.07) is 0. The van der Waals surface area contributed by atoms with Crippen LogP contribution in [0.4, 0.5) is 0 Å². The Hall–Kier alpha value is -1.14. The molecule has 0 aromatic rings. The molecule has 2 saturated carbocycles. The van der Waals surface area contributed by atoms with E-state index in [9.17, 15) is 0 Å². The second-order valence-corrected chi connectivity index (χ2v) is 5.49. The maximum absolute atomic E-state index is 4.00. The first-order valence-corrected chi connectivity index (χ1v) is 7.78. The summed E-state index contributed by atoms with van der Waals surface area (Å²) >= 11 is 0. The molecule has 0 radical (unpaired) electrons. The van der Waals surface area contributed by atoms with Gasteiger partial charge in [-0.05, 0) is 31.1 Å². The zero-order valence-electron chi connectivity index (χ0n) is 12.4. The summed E-state index contributed by atoms with van der Waals surface area (Å²) < 4.78 is 0. The highest BCUT2D eigenvalue weighted by Crippen LogP contribution is 2.39. The summed E-state index contributed by atoms with van der Waals surface area (Å²) in [5.41, 5.74) is 0. The molecule has 19 heavy (non-hydrogen) atoms. The highest BCUT2D eigenvalue weighted by atomic mass is 14.3. The van der Waals surface area contributed by atoms with Crippen LogP contribution in [-0.2, 0) is 0 Å². The lowest BCUT2D eigenvalue weighted by Crippen LogP contribution is -2.22. The van der Waals surface area contributed by atoms with Crippen LogP contribution in [0.1, 0.15) is 70.6 Å². The SMILES string of the molecule is C#C.C#C.C1=CCCC1.C1CCC2CCCCC2C1. The third-order valence-corrected chi connectivity index (χ3v) is 4.37. The first-order chi connectivity index (χ1) is 9.47. The zero-order valence-corrected chi connectivity index (χ0v) is 12.4. The van der Waals surface area contributed by atoms with Crippen LogP contribution in [0.3, 0.4) is 0 Å². The molecular weight excluding hydrogens is 228 g/mol. The molecule has 0 nitrogen and oxygen atoms in total. The molecule has 0 aromatic heterocycles. The summed E-state index contributed by atoms with van der Waals surface area (Å²) in [5.74, 6) is 2.31. The summed E-state index contributed by atoms with van der Waals surface area (Å²) in [4.78, 5) is 0. The van der Waals surface area contributed by atoms with Gasteiger partial charge in [0.15, 0.2) is 0 Å². The van der Waals surface area contributed by atoms with Crippen LogP contribution in [0.5, 0.6) is 0 Å². The molecule has 106 valence electrons. The summed E-state index contributed by atoms with van der Waals surface area (Å²) in [7, 11) is 0. The third-order valence-electron chi connectivity index (χ3n) is 4.37. The van der Waals surface area contributed by atoms with Gasteiger partial charge in [-0.1, -0.05) is 63.5 Å². The Morgan fingerprint density at radius 2 is 0.842 bits per heavy atom. The fourth-order valence-corrected chi connectivity index (χ4v) is 3.45. The average molecular weight is 258 g/mol. The normalized spacial score (nSPS) is 27.2. The van der Waals surface area contributed by atoms with E-state index in [1.165, 1.54) is 44.9 Å². The number of hydrogen-bond acceptors (Lipinski definition) is 0. The minimum Gasteiger partial charge on any atom is -0.124 e. The number of rotatable bonds is 0. The lowest BCUT2D eigenvalue weighted by Gasteiger charge is -2.35. The molecule has 0 heterocycles. The van der Waals surface area contributed by atoms with E-state index in [1.54, 1.807) is 25.7 Å². The van der Waals surface area contributed by atoms with Crippen molar-refractivity contribution in [3.05, 3.63) is 12.2 Å². The van der Waals surface area contributed by atoms with Crippen LogP contribution in [0, 0.1) is 37.5 Å². The van der Waals surface area contributed by atoms with Crippen molar-refractivity contribution in [1.29, 1.82) is 0 Å². The molecule has 3 aliphatic rings. The quantitative estimate of drug-likeness (QED) is 0.392. The number of fused-ring (bicyclic) bond motifs is 1. The van der Waals surface area contributed by atoms with Crippen molar-refractivity contribution in [2.24, 2.45) is 11.8 Å². The highest BCUT2D eigenvalue weighted by Gasteiger charge is 2.26. The van der Waals surface area contributed by atoms with Crippen LogP contribution in [0.2, 0.25) is 0 Å². The van der Waals surface area contributed by atoms with Crippen molar-refractivity contribution in [2.75, 3.05) is 0 Å². The lowest BCUT2D eigenvalue weighted by molar-refractivity contribution is 0.171. The first kappa shape index (κ1) is 17.9. The topological polar surface area (TPSA) is 0 Å². The van der Waals surface area contributed by atoms with E-state index in [0.29, 0.717) is 0 Å². The standard InChI is InChI=1S/C10H18.C5H8.2C2H2/c1-2-6-10-8-4-3-7-9(10)5-1;1-2-4-5-3-1;2*1-2/h9-10H,1-8H2;1-2H,3-5H2;2*1-2H. The van der Waals surface area contributed by atoms with Crippen LogP contribution < -0.4 is 0 Å². The van der Waals surface area contributed by atoms with Crippen LogP contribution >= 0.6 is 0 Å². The number of allylic oxidation sites excluding steroid dienone is 2. The third kappa shape index (κ3) is 7.79. The fraction of sp³-hybridized carbons (Fsp3) is 0.684. The molecular formula is C19H30. The minimum atomic E-state index is 1.16. The minimum absolute atomic E-state index is 1.16. The second kappa shape index (κ2) is 13.3. The predicted octanol–water partition coefficient (Wildman–Crippen LogP) is 5.59. The molecule has 0 heteroatoms. The van der Waals surface area contributed by atoms with E-state index in [-0.39, 0.29) is 0 Å². The van der Waals surface area contributed by atoms with E-state index < -0.39 is 0 Å². The number of terminal acetylenes is 2. The number of hydrogen-bond donors (Lipinski definition) is 0. The van der Waals surface area contributed by atoms with E-state index in [0.717, 1.165) is 11.8 Å². The lowest BCUT2D eigenvalue weighted by atomic mass is 9.71. The van der Waals surface area contributed by atoms with E-state index in [2.05, 4.69) is 37.8 Å². The molecule has 0 spiro atoms. The van der Waals surface area contributed by atoms with Gasteiger partial charge in [-0.3, -0.25) is 0 Å². The van der Waals surface area contributed by atoms with Gasteiger partial charge in [0, 0.05) is 0 Å². The van der Waals surface area contributed by atoms with E-state index in [4.69, 9.17) is 0 Å². The molecule has 0 bridgehead atoms. The molecule has 0 N–H and O–H groups in total. The summed E-state index contributed by atoms with van der Waals surface area (Å²) in [5, 5.41) is 0. The van der Waals surface area contributed by atoms with Gasteiger partial charge in [-0.2, -0.15) is 0 Å². The second-order valence-electron chi connectivity index (χ2n) is 5.49. The Morgan fingerprint density at radius 1 is 0.526 bits per heavy atom. The van der Waals surface area contributed by atoms with Gasteiger partial charge in [0.1, 0.15) is 0 Å². The van der Waals surface area contributed by atoms with Gasteiger partial charge < -0.3 is 0 Å². The Labute approximate surface area is 121 Å². The molecule has 0 unspecified atom stereocenters. The van der Waals surface area contributed by atoms with Gasteiger partial charge in [0.05, 0.1) is 0 Å². The predicted molar refractivity (Wildman–Crippen MR) is 86.7 cm³/mol. The molecule has 3 rings (SSSR count). The molecule has 2 fully saturated rings. The monoisotopic (exact) mass is 258 g/mol. The highest BCUT2D eigenvalue weighted by molar-refractivity contribution is 4.88. The molecule has 0 amide bonds. The molecule has 0 atom stereocenters. The first-order valence-electron chi connectivity index (χ1n) is 7.78. The Bertz CT molecular complexity index is 218. The van der Waals surface area contributed by atoms with Gasteiger partial charge in [0.2, 0.25) is 0 Å². The molecule has 3 aliphatic carbocycles. The molecule has 0 aliphatic heterocycles. The van der Waals surface area contributed by atoms with Gasteiger partial charge >= 0.3 is 0 Å². The smallest absolute Gasteiger partial charge is 0.0348 e. The molecule has 0 saturated heterocycles. The van der Waals surface area contributed by atoms with Crippen LogP contribution in [0.15, 0.2) is 12.2 Å². The van der Waals surface area contributed by atoms with Gasteiger partial charge in [0.25, 0.3) is 0 Å². The Morgan fingerprint density at radius 3 is 1.05 bits per heavy atom. The van der Waals surface area contributed by atoms with Crippen LogP contribution in [0.25, 0.3) is 0 Å². The van der Waals surface area contributed by atoms with E-state index in [1.807, 2.05) is 0 Å². The van der Waals surface area contributed by atoms with Crippen molar-refractivity contribution in [3.8, 4) is 25.7 Å². The Balaban J connectivity index is 0.000000305. The Kier molecular flexibility index (Phi) is 12.5. The zero-order chi connectivity index (χ0) is 14.3. The maximum atomic E-state index is 4.00. The summed E-state index contributed by atoms with van der Waals surface area (Å²) in [6.45, 7) is 0. The fourth-order valence-electron chi connectivity index (χ4n) is 3.45. The average Bonchev–Trinajstić information content (AvgIpc) is 3.11. The van der Waals surface area contributed by atoms with Crippen molar-refractivity contribution >= 4 is 0 Å². The maximum Gasteiger partial charge on any atom is -0.0348 e. The summed E-state index contributed by atoms with van der Waals surface area (Å²) in [6.07, 6.45) is 36.9. The van der Waals surface area contributed by atoms with Crippen molar-refractivity contribution in [3.63, 3.8) is 0 Å². The largest absolute Gasteiger partial charge is 0.124 e. The van der Waals surface area contributed by atoms with Crippen molar-refractivity contribution < 1.29 is 0 Å². The van der Waals surface area contributed by atoms with Crippen molar-refractivity contribution in [2.45, 2.75) is 70.6 Å². The van der Waals surface area contributed by atoms with Gasteiger partial charge in [-0.15, -0.1) is 25.7 Å². The molecule has 0 aromatic carbocycles. The van der Waals surface area contributed by atoms with E-state index >= 15 is 0 Å². The van der Waals surface area contributed by atoms with Gasteiger partial charge in [-0.25, -0.2) is 0 Å². The van der Waals surface area contributed by atoms with Crippen molar-refractivity contribution in [1.82, 2.24) is 0 Å². The van der Waals surface area contributed by atoms with Crippen LogP contribution in [-0.4, -0.2) is 0 Å².